The van der Waals surface area contributed by atoms with Gasteiger partial charge in [0.1, 0.15) is 11.6 Å². The second kappa shape index (κ2) is 4.92. The summed E-state index contributed by atoms with van der Waals surface area (Å²) in [5, 5.41) is 0. The number of Topliss-reactive ketones (excluding diaryl/α,β-unsaturated/α-hetero) is 1. The minimum Gasteiger partial charge on any atom is -0.366 e. The van der Waals surface area contributed by atoms with E-state index in [1.54, 1.807) is 13.0 Å². The van der Waals surface area contributed by atoms with E-state index in [0.29, 0.717) is 6.54 Å². The van der Waals surface area contributed by atoms with Gasteiger partial charge in [-0.25, -0.2) is 4.39 Å². The molecule has 2 rings (SSSR count). The maximum atomic E-state index is 13.3. The molecular formula is C15H18FNO. The monoisotopic (exact) mass is 247 g/mol. The molecule has 18 heavy (non-hydrogen) atoms. The Hall–Kier alpha value is -1.64. The first-order valence-electron chi connectivity index (χ1n) is 6.23. The summed E-state index contributed by atoms with van der Waals surface area (Å²) in [6.45, 7) is 6.93. The Kier molecular flexibility index (Phi) is 3.50. The van der Waals surface area contributed by atoms with Crippen LogP contribution in [0.2, 0.25) is 0 Å². The van der Waals surface area contributed by atoms with Crippen molar-refractivity contribution in [3.05, 3.63) is 41.2 Å². The van der Waals surface area contributed by atoms with Gasteiger partial charge in [0.15, 0.2) is 0 Å². The van der Waals surface area contributed by atoms with Crippen molar-refractivity contribution in [1.29, 1.82) is 0 Å². The van der Waals surface area contributed by atoms with Crippen LogP contribution in [-0.4, -0.2) is 17.2 Å². The molecule has 1 aromatic rings. The van der Waals surface area contributed by atoms with Gasteiger partial charge in [-0.05, 0) is 31.5 Å². The van der Waals surface area contributed by atoms with E-state index in [-0.39, 0.29) is 17.5 Å². The fraction of sp³-hybridized carbons (Fsp3) is 0.400. The zero-order valence-electron chi connectivity index (χ0n) is 11.0. The molecule has 0 aromatic heterocycles. The zero-order valence-corrected chi connectivity index (χ0v) is 11.0. The van der Waals surface area contributed by atoms with Crippen LogP contribution in [-0.2, 0) is 11.3 Å². The number of nitrogens with zero attached hydrogens (tertiary/aromatic N) is 1. The Morgan fingerprint density at radius 1 is 1.56 bits per heavy atom. The quantitative estimate of drug-likeness (QED) is 0.817. The minimum atomic E-state index is -0.213. The van der Waals surface area contributed by atoms with E-state index in [1.807, 2.05) is 26.0 Å². The van der Waals surface area contributed by atoms with Gasteiger partial charge >= 0.3 is 0 Å². The third-order valence-corrected chi connectivity index (χ3v) is 3.51. The lowest BCUT2D eigenvalue weighted by Gasteiger charge is -2.23. The standard InChI is InChI=1S/C15H18FNO/c1-4-15-14-7-13(16)6-5-12(14)9-17(15)8-10(2)11(3)18/h4-7,10H,8-9H2,1-3H3/b15-4-. The van der Waals surface area contributed by atoms with Crippen LogP contribution >= 0.6 is 0 Å². The van der Waals surface area contributed by atoms with E-state index in [9.17, 15) is 9.18 Å². The average Bonchev–Trinajstić information content (AvgIpc) is 2.65. The fourth-order valence-electron chi connectivity index (χ4n) is 2.35. The summed E-state index contributed by atoms with van der Waals surface area (Å²) in [4.78, 5) is 13.5. The average molecular weight is 247 g/mol. The van der Waals surface area contributed by atoms with Gasteiger partial charge in [0.2, 0.25) is 0 Å². The van der Waals surface area contributed by atoms with Crippen molar-refractivity contribution in [3.8, 4) is 0 Å². The number of carbonyl (C=O) groups excluding carboxylic acids is 1. The molecule has 0 bridgehead atoms. The van der Waals surface area contributed by atoms with Gasteiger partial charge in [0.05, 0.1) is 0 Å². The molecule has 1 aromatic carbocycles. The predicted octanol–water partition coefficient (Wildman–Crippen LogP) is 3.23. The Labute approximate surface area is 107 Å². The second-order valence-electron chi connectivity index (χ2n) is 4.87. The number of hydrogen-bond donors (Lipinski definition) is 0. The topological polar surface area (TPSA) is 20.3 Å². The molecule has 0 saturated carbocycles. The van der Waals surface area contributed by atoms with Crippen LogP contribution in [0.3, 0.4) is 0 Å². The molecule has 0 radical (unpaired) electrons. The van der Waals surface area contributed by atoms with Crippen molar-refractivity contribution in [1.82, 2.24) is 4.90 Å². The van der Waals surface area contributed by atoms with E-state index in [0.717, 1.165) is 23.4 Å². The number of carbonyl (C=O) groups is 1. The highest BCUT2D eigenvalue weighted by atomic mass is 19.1. The Balaban J connectivity index is 2.26. The van der Waals surface area contributed by atoms with Crippen LogP contribution in [0.15, 0.2) is 24.3 Å². The normalized spacial score (nSPS) is 18.0. The number of halogens is 1. The Morgan fingerprint density at radius 3 is 2.89 bits per heavy atom. The summed E-state index contributed by atoms with van der Waals surface area (Å²) in [5.41, 5.74) is 3.10. The van der Waals surface area contributed by atoms with E-state index in [2.05, 4.69) is 4.90 Å². The highest BCUT2D eigenvalue weighted by Gasteiger charge is 2.25. The van der Waals surface area contributed by atoms with Crippen molar-refractivity contribution in [2.75, 3.05) is 6.54 Å². The molecule has 3 heteroatoms. The lowest BCUT2D eigenvalue weighted by molar-refractivity contribution is -0.120. The number of hydrogen-bond acceptors (Lipinski definition) is 2. The van der Waals surface area contributed by atoms with Crippen molar-refractivity contribution in [2.24, 2.45) is 5.92 Å². The van der Waals surface area contributed by atoms with Gasteiger partial charge in [-0.15, -0.1) is 0 Å². The summed E-state index contributed by atoms with van der Waals surface area (Å²) in [6, 6.07) is 4.89. The molecule has 0 fully saturated rings. The molecule has 1 unspecified atom stereocenters. The molecule has 0 spiro atoms. The lowest BCUT2D eigenvalue weighted by atomic mass is 10.1. The molecule has 0 N–H and O–H groups in total. The number of rotatable bonds is 3. The second-order valence-corrected chi connectivity index (χ2v) is 4.87. The van der Waals surface area contributed by atoms with Crippen molar-refractivity contribution >= 4 is 11.5 Å². The smallest absolute Gasteiger partial charge is 0.134 e. The molecule has 1 heterocycles. The van der Waals surface area contributed by atoms with Gasteiger partial charge in [0.25, 0.3) is 0 Å². The first kappa shape index (κ1) is 12.8. The minimum absolute atomic E-state index is 0.000825. The summed E-state index contributed by atoms with van der Waals surface area (Å²) in [6.07, 6.45) is 1.98. The molecule has 2 nitrogen and oxygen atoms in total. The van der Waals surface area contributed by atoms with E-state index in [1.165, 1.54) is 6.07 Å². The van der Waals surface area contributed by atoms with Crippen LogP contribution in [0.25, 0.3) is 5.70 Å². The molecule has 1 atom stereocenters. The number of ketones is 1. The third kappa shape index (κ3) is 2.30. The van der Waals surface area contributed by atoms with Crippen molar-refractivity contribution in [3.63, 3.8) is 0 Å². The maximum Gasteiger partial charge on any atom is 0.134 e. The number of benzene rings is 1. The van der Waals surface area contributed by atoms with Crippen LogP contribution in [0.5, 0.6) is 0 Å². The van der Waals surface area contributed by atoms with Crippen molar-refractivity contribution in [2.45, 2.75) is 27.3 Å². The molecule has 96 valence electrons. The number of allylic oxidation sites excluding steroid dienone is 1. The van der Waals surface area contributed by atoms with Crippen LogP contribution in [0, 0.1) is 11.7 Å². The Bertz CT molecular complexity index is 507. The molecule has 1 aliphatic heterocycles. The SMILES string of the molecule is C/C=C1/c2cc(F)ccc2CN1CC(C)C(C)=O. The lowest BCUT2D eigenvalue weighted by Crippen LogP contribution is -2.26. The third-order valence-electron chi connectivity index (χ3n) is 3.51. The maximum absolute atomic E-state index is 13.3. The zero-order chi connectivity index (χ0) is 13.3. The van der Waals surface area contributed by atoms with Crippen LogP contribution in [0.4, 0.5) is 4.39 Å². The molecule has 0 amide bonds. The molecule has 1 aliphatic rings. The van der Waals surface area contributed by atoms with Gasteiger partial charge in [-0.1, -0.05) is 19.1 Å². The molecular weight excluding hydrogens is 229 g/mol. The highest BCUT2D eigenvalue weighted by Crippen LogP contribution is 2.33. The van der Waals surface area contributed by atoms with Crippen molar-refractivity contribution < 1.29 is 9.18 Å². The summed E-state index contributed by atoms with van der Waals surface area (Å²) in [7, 11) is 0. The first-order chi connectivity index (χ1) is 8.52. The van der Waals surface area contributed by atoms with E-state index < -0.39 is 0 Å². The molecule has 0 aliphatic carbocycles. The predicted molar refractivity (Wildman–Crippen MR) is 70.3 cm³/mol. The van der Waals surface area contributed by atoms with Crippen LogP contribution < -0.4 is 0 Å². The fourth-order valence-corrected chi connectivity index (χ4v) is 2.35. The summed E-state index contributed by atoms with van der Waals surface area (Å²) in [5.74, 6) is -0.0266. The number of fused-ring (bicyclic) bond motifs is 1. The summed E-state index contributed by atoms with van der Waals surface area (Å²) < 4.78 is 13.3. The van der Waals surface area contributed by atoms with Gasteiger partial charge in [-0.2, -0.15) is 0 Å². The Morgan fingerprint density at radius 2 is 2.28 bits per heavy atom. The van der Waals surface area contributed by atoms with E-state index >= 15 is 0 Å². The van der Waals surface area contributed by atoms with Crippen LogP contribution in [0.1, 0.15) is 31.9 Å². The first-order valence-corrected chi connectivity index (χ1v) is 6.23. The highest BCUT2D eigenvalue weighted by molar-refractivity contribution is 5.79. The van der Waals surface area contributed by atoms with Gasteiger partial charge in [-0.3, -0.25) is 4.79 Å². The summed E-state index contributed by atoms with van der Waals surface area (Å²) >= 11 is 0. The largest absolute Gasteiger partial charge is 0.366 e. The van der Waals surface area contributed by atoms with E-state index in [4.69, 9.17) is 0 Å². The van der Waals surface area contributed by atoms with Gasteiger partial charge in [0, 0.05) is 30.3 Å². The molecule has 0 saturated heterocycles. The van der Waals surface area contributed by atoms with Gasteiger partial charge < -0.3 is 4.90 Å².